The summed E-state index contributed by atoms with van der Waals surface area (Å²) >= 11 is 1.95. The Morgan fingerprint density at radius 2 is 2.28 bits per heavy atom. The van der Waals surface area contributed by atoms with E-state index < -0.39 is 0 Å². The van der Waals surface area contributed by atoms with Gasteiger partial charge in [0.2, 0.25) is 0 Å². The topological polar surface area (TPSA) is 47.3 Å². The van der Waals surface area contributed by atoms with Crippen molar-refractivity contribution in [3.63, 3.8) is 0 Å². The molecule has 0 saturated carbocycles. The maximum atomic E-state index is 5.83. The zero-order valence-corrected chi connectivity index (χ0v) is 11.3. The summed E-state index contributed by atoms with van der Waals surface area (Å²) in [4.78, 5) is 1.42. The van der Waals surface area contributed by atoms with Crippen molar-refractivity contribution >= 4 is 11.8 Å². The molecule has 3 nitrogen and oxygen atoms in total. The normalized spacial score (nSPS) is 28.9. The first-order valence-electron chi connectivity index (χ1n) is 6.65. The van der Waals surface area contributed by atoms with E-state index in [1.165, 1.54) is 16.9 Å². The Hall–Kier alpha value is -0.550. The molecule has 1 fully saturated rings. The highest BCUT2D eigenvalue weighted by Gasteiger charge is 2.35. The van der Waals surface area contributed by atoms with Crippen LogP contribution in [-0.2, 0) is 4.74 Å². The molecule has 0 amide bonds. The third-order valence-electron chi connectivity index (χ3n) is 4.07. The first kappa shape index (κ1) is 12.5. The van der Waals surface area contributed by atoms with Crippen molar-refractivity contribution in [1.82, 2.24) is 5.43 Å². The van der Waals surface area contributed by atoms with E-state index in [1.54, 1.807) is 0 Å². The summed E-state index contributed by atoms with van der Waals surface area (Å²) in [5, 5.41) is 0. The Morgan fingerprint density at radius 3 is 3.06 bits per heavy atom. The summed E-state index contributed by atoms with van der Waals surface area (Å²) in [6.07, 6.45) is 2.38. The van der Waals surface area contributed by atoms with Gasteiger partial charge < -0.3 is 4.74 Å². The maximum absolute atomic E-state index is 5.83. The molecule has 2 aliphatic heterocycles. The van der Waals surface area contributed by atoms with Gasteiger partial charge in [0.1, 0.15) is 0 Å². The highest BCUT2D eigenvalue weighted by Crippen LogP contribution is 2.43. The molecule has 0 aromatic heterocycles. The lowest BCUT2D eigenvalue weighted by atomic mass is 9.82. The van der Waals surface area contributed by atoms with Crippen molar-refractivity contribution in [3.8, 4) is 0 Å². The van der Waals surface area contributed by atoms with Crippen molar-refractivity contribution in [2.75, 3.05) is 19.0 Å². The standard InChI is InChI=1S/C14H20N2OS/c15-16-14(10-4-3-7-17-8-10)12-9-18-13-6-2-1-5-11(12)13/h1-2,5-6,10,12,14,16H,3-4,7-9,15H2. The molecule has 2 heterocycles. The van der Waals surface area contributed by atoms with E-state index >= 15 is 0 Å². The third-order valence-corrected chi connectivity index (χ3v) is 5.27. The highest BCUT2D eigenvalue weighted by atomic mass is 32.2. The van der Waals surface area contributed by atoms with Crippen molar-refractivity contribution in [1.29, 1.82) is 0 Å². The van der Waals surface area contributed by atoms with Crippen molar-refractivity contribution in [3.05, 3.63) is 29.8 Å². The number of thioether (sulfide) groups is 1. The Morgan fingerprint density at radius 1 is 1.39 bits per heavy atom. The molecule has 0 spiro atoms. The Bertz CT molecular complexity index is 407. The monoisotopic (exact) mass is 264 g/mol. The van der Waals surface area contributed by atoms with Crippen LogP contribution in [0, 0.1) is 5.92 Å². The number of rotatable bonds is 3. The van der Waals surface area contributed by atoms with Crippen LogP contribution in [0.25, 0.3) is 0 Å². The lowest BCUT2D eigenvalue weighted by Crippen LogP contribution is -2.47. The molecule has 4 heteroatoms. The maximum Gasteiger partial charge on any atom is 0.0509 e. The van der Waals surface area contributed by atoms with Crippen LogP contribution in [0.3, 0.4) is 0 Å². The zero-order chi connectivity index (χ0) is 12.4. The van der Waals surface area contributed by atoms with Crippen molar-refractivity contribution in [2.24, 2.45) is 11.8 Å². The van der Waals surface area contributed by atoms with Crippen LogP contribution in [0.5, 0.6) is 0 Å². The van der Waals surface area contributed by atoms with Crippen molar-refractivity contribution < 1.29 is 4.74 Å². The minimum Gasteiger partial charge on any atom is -0.381 e. The number of ether oxygens (including phenoxy) is 1. The molecular weight excluding hydrogens is 244 g/mol. The smallest absolute Gasteiger partial charge is 0.0509 e. The molecule has 98 valence electrons. The summed E-state index contributed by atoms with van der Waals surface area (Å²) < 4.78 is 5.61. The number of fused-ring (bicyclic) bond motifs is 1. The Kier molecular flexibility index (Phi) is 3.89. The van der Waals surface area contributed by atoms with E-state index in [1.807, 2.05) is 11.8 Å². The molecule has 0 aliphatic carbocycles. The van der Waals surface area contributed by atoms with Crippen LogP contribution in [0.2, 0.25) is 0 Å². The second-order valence-electron chi connectivity index (χ2n) is 5.12. The lowest BCUT2D eigenvalue weighted by Gasteiger charge is -2.33. The van der Waals surface area contributed by atoms with Gasteiger partial charge in [0.15, 0.2) is 0 Å². The largest absolute Gasteiger partial charge is 0.381 e. The number of hydrogen-bond acceptors (Lipinski definition) is 4. The fraction of sp³-hybridized carbons (Fsp3) is 0.571. The average Bonchev–Trinajstić information content (AvgIpc) is 2.85. The second kappa shape index (κ2) is 5.61. The first-order chi connectivity index (χ1) is 8.90. The molecule has 2 aliphatic rings. The molecule has 3 rings (SSSR count). The predicted molar refractivity (Wildman–Crippen MR) is 74.6 cm³/mol. The molecule has 18 heavy (non-hydrogen) atoms. The van der Waals surface area contributed by atoms with E-state index in [9.17, 15) is 0 Å². The molecule has 1 saturated heterocycles. The van der Waals surface area contributed by atoms with Crippen LogP contribution < -0.4 is 11.3 Å². The first-order valence-corrected chi connectivity index (χ1v) is 7.64. The SMILES string of the molecule is NNC(C1CCCOC1)C1CSc2ccccc21. The summed E-state index contributed by atoms with van der Waals surface area (Å²) in [7, 11) is 0. The number of benzene rings is 1. The fourth-order valence-electron chi connectivity index (χ4n) is 3.11. The average molecular weight is 264 g/mol. The molecule has 1 aromatic carbocycles. The molecule has 0 bridgehead atoms. The zero-order valence-electron chi connectivity index (χ0n) is 10.5. The third kappa shape index (κ3) is 2.30. The van der Waals surface area contributed by atoms with Gasteiger partial charge >= 0.3 is 0 Å². The minimum atomic E-state index is 0.335. The van der Waals surface area contributed by atoms with Gasteiger partial charge in [-0.1, -0.05) is 18.2 Å². The van der Waals surface area contributed by atoms with Crippen LogP contribution in [-0.4, -0.2) is 25.0 Å². The van der Waals surface area contributed by atoms with Crippen molar-refractivity contribution in [2.45, 2.75) is 29.7 Å². The van der Waals surface area contributed by atoms with Gasteiger partial charge in [-0.3, -0.25) is 11.3 Å². The molecule has 3 N–H and O–H groups in total. The summed E-state index contributed by atoms with van der Waals surface area (Å²) in [5.41, 5.74) is 4.52. The van der Waals surface area contributed by atoms with Gasteiger partial charge in [-0.25, -0.2) is 0 Å². The van der Waals surface area contributed by atoms with Gasteiger partial charge in [-0.05, 0) is 30.4 Å². The molecule has 3 unspecified atom stereocenters. The highest BCUT2D eigenvalue weighted by molar-refractivity contribution is 7.99. The summed E-state index contributed by atoms with van der Waals surface area (Å²) in [5.74, 6) is 8.01. The van der Waals surface area contributed by atoms with E-state index in [2.05, 4.69) is 29.7 Å². The van der Waals surface area contributed by atoms with Gasteiger partial charge in [0.05, 0.1) is 6.61 Å². The van der Waals surface area contributed by atoms with E-state index in [-0.39, 0.29) is 0 Å². The van der Waals surface area contributed by atoms with Crippen LogP contribution in [0.15, 0.2) is 29.2 Å². The Labute approximate surface area is 112 Å². The van der Waals surface area contributed by atoms with Crippen LogP contribution in [0.4, 0.5) is 0 Å². The Balaban J connectivity index is 1.80. The molecule has 3 atom stereocenters. The predicted octanol–water partition coefficient (Wildman–Crippen LogP) is 2.13. The van der Waals surface area contributed by atoms with E-state index in [0.29, 0.717) is 17.9 Å². The van der Waals surface area contributed by atoms with Gasteiger partial charge in [0, 0.05) is 29.2 Å². The number of nitrogens with one attached hydrogen (secondary N) is 1. The van der Waals surface area contributed by atoms with Crippen LogP contribution >= 0.6 is 11.8 Å². The number of hydrogen-bond donors (Lipinski definition) is 2. The van der Waals surface area contributed by atoms with Crippen LogP contribution in [0.1, 0.15) is 24.3 Å². The fourth-order valence-corrected chi connectivity index (χ4v) is 4.42. The van der Waals surface area contributed by atoms with Gasteiger partial charge in [0.25, 0.3) is 0 Å². The number of nitrogens with two attached hydrogens (primary N) is 1. The summed E-state index contributed by atoms with van der Waals surface area (Å²) in [6, 6.07) is 9.03. The minimum absolute atomic E-state index is 0.335. The molecule has 0 radical (unpaired) electrons. The van der Waals surface area contributed by atoms with Gasteiger partial charge in [-0.15, -0.1) is 11.8 Å². The lowest BCUT2D eigenvalue weighted by molar-refractivity contribution is 0.0359. The molecule has 1 aromatic rings. The summed E-state index contributed by atoms with van der Waals surface area (Å²) in [6.45, 7) is 1.75. The second-order valence-corrected chi connectivity index (χ2v) is 6.19. The van der Waals surface area contributed by atoms with E-state index in [0.717, 1.165) is 25.4 Å². The molecular formula is C14H20N2OS. The number of hydrazine groups is 1. The van der Waals surface area contributed by atoms with E-state index in [4.69, 9.17) is 10.6 Å². The van der Waals surface area contributed by atoms with Gasteiger partial charge in [-0.2, -0.15) is 0 Å². The quantitative estimate of drug-likeness (QED) is 0.648.